The first kappa shape index (κ1) is 17.9. The molecule has 3 N–H and O–H groups in total. The summed E-state index contributed by atoms with van der Waals surface area (Å²) in [4.78, 5) is 7.63. The molecule has 2 aromatic heterocycles. The maximum atomic E-state index is 13.3. The van der Waals surface area contributed by atoms with Crippen molar-refractivity contribution in [3.05, 3.63) is 54.1 Å². The molecule has 0 saturated carbocycles. The molecule has 0 amide bonds. The lowest BCUT2D eigenvalue weighted by Gasteiger charge is -2.02. The number of benzene rings is 1. The summed E-state index contributed by atoms with van der Waals surface area (Å²) >= 11 is 0. The molecule has 136 valence electrons. The van der Waals surface area contributed by atoms with E-state index in [1.54, 1.807) is 24.4 Å². The minimum Gasteiger partial charge on any atom is -0.385 e. The van der Waals surface area contributed by atoms with E-state index in [1.807, 2.05) is 17.7 Å². The molecule has 3 aromatic rings. The third kappa shape index (κ3) is 4.02. The van der Waals surface area contributed by atoms with Crippen LogP contribution in [0.5, 0.6) is 0 Å². The highest BCUT2D eigenvalue weighted by Crippen LogP contribution is 2.27. The van der Waals surface area contributed by atoms with E-state index in [-0.39, 0.29) is 5.82 Å². The van der Waals surface area contributed by atoms with Crippen LogP contribution in [0.25, 0.3) is 22.3 Å². The molecule has 0 spiro atoms. The number of nitrogens with two attached hydrogens (primary N) is 1. The van der Waals surface area contributed by atoms with Crippen LogP contribution in [0.15, 0.2) is 42.6 Å². The normalized spacial score (nSPS) is 10.9. The minimum atomic E-state index is -0.267. The molecule has 6 heteroatoms. The van der Waals surface area contributed by atoms with Crippen LogP contribution in [0.2, 0.25) is 0 Å². The molecule has 2 heterocycles. The summed E-state index contributed by atoms with van der Waals surface area (Å²) in [6, 6.07) is 10.1. The fourth-order valence-electron chi connectivity index (χ4n) is 2.92. The number of nitrogen functional groups attached to an aromatic ring is 1. The van der Waals surface area contributed by atoms with Gasteiger partial charge in [-0.2, -0.15) is 5.10 Å². The van der Waals surface area contributed by atoms with Crippen LogP contribution < -0.4 is 5.73 Å². The van der Waals surface area contributed by atoms with Gasteiger partial charge in [0.05, 0.1) is 0 Å². The van der Waals surface area contributed by atoms with Crippen LogP contribution >= 0.6 is 0 Å². The van der Waals surface area contributed by atoms with Crippen LogP contribution in [0.1, 0.15) is 31.9 Å². The van der Waals surface area contributed by atoms with E-state index in [0.717, 1.165) is 53.8 Å². The highest BCUT2D eigenvalue weighted by Gasteiger charge is 2.12. The zero-order chi connectivity index (χ0) is 18.5. The van der Waals surface area contributed by atoms with E-state index in [0.29, 0.717) is 5.82 Å². The minimum absolute atomic E-state index is 0.267. The average molecular weight is 353 g/mol. The van der Waals surface area contributed by atoms with Crippen molar-refractivity contribution in [2.75, 3.05) is 5.73 Å². The molecule has 3 rings (SSSR count). The molecule has 0 bridgehead atoms. The van der Waals surface area contributed by atoms with Gasteiger partial charge in [-0.3, -0.25) is 4.98 Å². The Balaban J connectivity index is 2.25. The lowest BCUT2D eigenvalue weighted by Crippen LogP contribution is -2.02. The Morgan fingerprint density at radius 2 is 1.92 bits per heavy atom. The average Bonchev–Trinajstić information content (AvgIpc) is 2.95. The molecule has 26 heavy (non-hydrogen) atoms. The summed E-state index contributed by atoms with van der Waals surface area (Å²) in [5.41, 5.74) is 9.39. The summed E-state index contributed by atoms with van der Waals surface area (Å²) in [6.07, 6.45) is 5.04. The zero-order valence-corrected chi connectivity index (χ0v) is 15.2. The topological polar surface area (TPSA) is 72.5 Å². The molecule has 0 atom stereocenters. The van der Waals surface area contributed by atoms with Crippen LogP contribution in [0, 0.1) is 12.7 Å². The Labute approximate surface area is 152 Å². The van der Waals surface area contributed by atoms with E-state index in [1.165, 1.54) is 12.1 Å². The zero-order valence-electron chi connectivity index (χ0n) is 15.2. The molecule has 0 radical (unpaired) electrons. The summed E-state index contributed by atoms with van der Waals surface area (Å²) in [7, 11) is 0. The molecule has 0 unspecified atom stereocenters. The van der Waals surface area contributed by atoms with Crippen LogP contribution in [0.3, 0.4) is 0 Å². The molecule has 0 aliphatic carbocycles. The van der Waals surface area contributed by atoms with Crippen LogP contribution in [-0.4, -0.2) is 19.7 Å². The van der Waals surface area contributed by atoms with Crippen molar-refractivity contribution < 1.29 is 4.39 Å². The highest BCUT2D eigenvalue weighted by molar-refractivity contribution is 5.90. The fraction of sp³-hybridized carbons (Fsp3) is 0.300. The Kier molecular flexibility index (Phi) is 5.51. The van der Waals surface area contributed by atoms with Gasteiger partial charge in [-0.1, -0.05) is 19.8 Å². The van der Waals surface area contributed by atoms with Gasteiger partial charge >= 0.3 is 0 Å². The van der Waals surface area contributed by atoms with E-state index in [9.17, 15) is 4.39 Å². The molecule has 0 aliphatic heterocycles. The van der Waals surface area contributed by atoms with Crippen molar-refractivity contribution in [1.82, 2.24) is 19.7 Å². The first-order valence-corrected chi connectivity index (χ1v) is 8.90. The predicted molar refractivity (Wildman–Crippen MR) is 104 cm³/mol. The number of H-pyrrole nitrogens is 1. The summed E-state index contributed by atoms with van der Waals surface area (Å²) in [5, 5.41) is 5.67. The standard InChI is InChI=1S/C20H24FN5/c1-3-4-5-12-26-20-17(10-11-23-14(2)13-18(22)24-20)19(25-26)15-6-8-16(21)9-7-15/h6-11,13,24H,3-5,12,22H2,1-2H3. The number of nitrogens with zero attached hydrogens (tertiary/aromatic N) is 3. The lowest BCUT2D eigenvalue weighted by atomic mass is 10.1. The van der Waals surface area contributed by atoms with Gasteiger partial charge in [-0.15, -0.1) is 0 Å². The number of rotatable bonds is 5. The first-order chi connectivity index (χ1) is 12.6. The Morgan fingerprint density at radius 1 is 1.15 bits per heavy atom. The second-order valence-corrected chi connectivity index (χ2v) is 6.36. The number of halogens is 1. The summed E-state index contributed by atoms with van der Waals surface area (Å²) < 4.78 is 15.3. The summed E-state index contributed by atoms with van der Waals surface area (Å²) in [6.45, 7) is 4.85. The smallest absolute Gasteiger partial charge is 0.137 e. The summed E-state index contributed by atoms with van der Waals surface area (Å²) in [5.74, 6) is 0.246. The van der Waals surface area contributed by atoms with Crippen molar-refractivity contribution in [2.45, 2.75) is 39.7 Å². The number of aromatic amines is 1. The fourth-order valence-corrected chi connectivity index (χ4v) is 2.92. The molecule has 0 saturated heterocycles. The van der Waals surface area contributed by atoms with Crippen molar-refractivity contribution in [2.24, 2.45) is 0 Å². The third-order valence-corrected chi connectivity index (χ3v) is 4.23. The molecule has 1 aromatic carbocycles. The number of anilines is 1. The molecular weight excluding hydrogens is 329 g/mol. The van der Waals surface area contributed by atoms with Gasteiger partial charge in [0.2, 0.25) is 0 Å². The van der Waals surface area contributed by atoms with E-state index in [4.69, 9.17) is 10.8 Å². The second-order valence-electron chi connectivity index (χ2n) is 6.36. The number of hydrogen-bond donors (Lipinski definition) is 2. The van der Waals surface area contributed by atoms with Gasteiger partial charge in [-0.05, 0) is 49.7 Å². The highest BCUT2D eigenvalue weighted by atomic mass is 19.1. The maximum absolute atomic E-state index is 13.3. The maximum Gasteiger partial charge on any atom is 0.137 e. The Morgan fingerprint density at radius 3 is 2.65 bits per heavy atom. The van der Waals surface area contributed by atoms with Gasteiger partial charge in [0.15, 0.2) is 0 Å². The first-order valence-electron chi connectivity index (χ1n) is 8.90. The largest absolute Gasteiger partial charge is 0.385 e. The molecule has 0 aliphatic rings. The van der Waals surface area contributed by atoms with E-state index in [2.05, 4.69) is 16.9 Å². The van der Waals surface area contributed by atoms with Gasteiger partial charge in [-0.25, -0.2) is 9.07 Å². The number of unbranched alkanes of at least 4 members (excludes halogenated alkanes) is 2. The van der Waals surface area contributed by atoms with E-state index < -0.39 is 0 Å². The number of nitrogens with one attached hydrogen (secondary N) is 1. The van der Waals surface area contributed by atoms with Crippen LogP contribution in [-0.2, 0) is 6.54 Å². The Bertz CT molecular complexity index is 939. The number of aryl methyl sites for hydroxylation is 2. The van der Waals surface area contributed by atoms with Crippen molar-refractivity contribution in [1.29, 1.82) is 0 Å². The number of aromatic nitrogens is 4. The predicted octanol–water partition coefficient (Wildman–Crippen LogP) is 4.77. The Hall–Kier alpha value is -2.89. The second kappa shape index (κ2) is 7.99. The van der Waals surface area contributed by atoms with Gasteiger partial charge in [0, 0.05) is 29.4 Å². The lowest BCUT2D eigenvalue weighted by molar-refractivity contribution is 0.565. The molecule has 5 nitrogen and oxygen atoms in total. The van der Waals surface area contributed by atoms with Gasteiger partial charge in [0.25, 0.3) is 0 Å². The monoisotopic (exact) mass is 353 g/mol. The number of fused-ring (bicyclic) bond motifs is 1. The van der Waals surface area contributed by atoms with Gasteiger partial charge in [0.1, 0.15) is 23.0 Å². The van der Waals surface area contributed by atoms with E-state index >= 15 is 0 Å². The van der Waals surface area contributed by atoms with Crippen molar-refractivity contribution in [3.8, 4) is 11.3 Å². The molecule has 0 fully saturated rings. The van der Waals surface area contributed by atoms with Gasteiger partial charge < -0.3 is 10.7 Å². The quantitative estimate of drug-likeness (QED) is 0.649. The molecular formula is C20H24FN5. The number of hydrogen-bond acceptors (Lipinski definition) is 3. The SMILES string of the molecule is CCCCCn1nc(-c2ccc(F)cc2)c2ccnc(C)cc(N)[nH]c21. The van der Waals surface area contributed by atoms with Crippen molar-refractivity contribution >= 4 is 16.9 Å². The third-order valence-electron chi connectivity index (χ3n) is 4.23. The van der Waals surface area contributed by atoms with Crippen LogP contribution in [0.4, 0.5) is 10.2 Å². The van der Waals surface area contributed by atoms with Crippen molar-refractivity contribution in [3.63, 3.8) is 0 Å².